The second-order valence-corrected chi connectivity index (χ2v) is 6.91. The monoisotopic (exact) mass is 398 g/mol. The zero-order chi connectivity index (χ0) is 20.8. The summed E-state index contributed by atoms with van der Waals surface area (Å²) in [5.74, 6) is 0.0914. The number of carbonyl (C=O) groups excluding carboxylic acids is 2. The molecule has 0 bridgehead atoms. The fraction of sp³-hybridized carbons (Fsp3) is 0.364. The van der Waals surface area contributed by atoms with Crippen molar-refractivity contribution in [2.24, 2.45) is 0 Å². The molecule has 0 unspecified atom stereocenters. The van der Waals surface area contributed by atoms with E-state index in [1.165, 1.54) is 0 Å². The SMILES string of the molecule is CCN(c1ccc(NC(=O)COC(=O)c2ccc3c(c2)OCCO3)cc1)C(C)C. The smallest absolute Gasteiger partial charge is 0.338 e. The van der Waals surface area contributed by atoms with Crippen LogP contribution in [0.5, 0.6) is 11.5 Å². The molecular formula is C22H26N2O5. The second kappa shape index (κ2) is 9.32. The lowest BCUT2D eigenvalue weighted by Gasteiger charge is -2.27. The molecule has 2 aromatic rings. The van der Waals surface area contributed by atoms with E-state index in [9.17, 15) is 9.59 Å². The van der Waals surface area contributed by atoms with Gasteiger partial charge in [-0.2, -0.15) is 0 Å². The van der Waals surface area contributed by atoms with Crippen LogP contribution >= 0.6 is 0 Å². The highest BCUT2D eigenvalue weighted by atomic mass is 16.6. The van der Waals surface area contributed by atoms with Gasteiger partial charge in [-0.3, -0.25) is 4.79 Å². The van der Waals surface area contributed by atoms with Crippen molar-refractivity contribution in [1.82, 2.24) is 0 Å². The number of hydrogen-bond donors (Lipinski definition) is 1. The number of amides is 1. The molecule has 7 heteroatoms. The van der Waals surface area contributed by atoms with Crippen LogP contribution < -0.4 is 19.7 Å². The molecule has 0 aromatic heterocycles. The standard InChI is InChI=1S/C22H26N2O5/c1-4-24(15(2)3)18-8-6-17(7-9-18)23-21(25)14-29-22(26)16-5-10-19-20(13-16)28-12-11-27-19/h5-10,13,15H,4,11-12,14H2,1-3H3,(H,23,25). The number of benzene rings is 2. The van der Waals surface area contributed by atoms with Gasteiger partial charge >= 0.3 is 5.97 Å². The van der Waals surface area contributed by atoms with E-state index in [4.69, 9.17) is 14.2 Å². The molecule has 1 aliphatic heterocycles. The minimum absolute atomic E-state index is 0.305. The zero-order valence-corrected chi connectivity index (χ0v) is 16.9. The molecule has 0 spiro atoms. The van der Waals surface area contributed by atoms with Gasteiger partial charge < -0.3 is 24.4 Å². The van der Waals surface area contributed by atoms with E-state index in [1.807, 2.05) is 24.3 Å². The Bertz CT molecular complexity index is 864. The molecule has 0 fully saturated rings. The Kier molecular flexibility index (Phi) is 6.59. The minimum Gasteiger partial charge on any atom is -0.486 e. The normalized spacial score (nSPS) is 12.4. The maximum Gasteiger partial charge on any atom is 0.338 e. The third kappa shape index (κ3) is 5.19. The molecule has 2 aromatic carbocycles. The molecule has 0 saturated heterocycles. The van der Waals surface area contributed by atoms with Crippen LogP contribution in [0.25, 0.3) is 0 Å². The van der Waals surface area contributed by atoms with Gasteiger partial charge in [-0.05, 0) is 63.2 Å². The molecule has 1 heterocycles. The molecular weight excluding hydrogens is 372 g/mol. The highest BCUT2D eigenvalue weighted by Crippen LogP contribution is 2.30. The quantitative estimate of drug-likeness (QED) is 0.720. The number of esters is 1. The Labute approximate surface area is 170 Å². The second-order valence-electron chi connectivity index (χ2n) is 6.91. The Morgan fingerprint density at radius 1 is 1.07 bits per heavy atom. The van der Waals surface area contributed by atoms with Gasteiger partial charge in [-0.1, -0.05) is 0 Å². The Hall–Kier alpha value is -3.22. The number of carbonyl (C=O) groups is 2. The molecule has 1 N–H and O–H groups in total. The fourth-order valence-corrected chi connectivity index (χ4v) is 3.16. The van der Waals surface area contributed by atoms with Crippen LogP contribution in [-0.4, -0.2) is 44.3 Å². The summed E-state index contributed by atoms with van der Waals surface area (Å²) in [6.45, 7) is 7.81. The molecule has 0 radical (unpaired) electrons. The van der Waals surface area contributed by atoms with Crippen LogP contribution in [0.4, 0.5) is 11.4 Å². The van der Waals surface area contributed by atoms with Crippen LogP contribution in [0.3, 0.4) is 0 Å². The van der Waals surface area contributed by atoms with Gasteiger partial charge in [0.2, 0.25) is 0 Å². The number of ether oxygens (including phenoxy) is 3. The zero-order valence-electron chi connectivity index (χ0n) is 16.9. The number of fused-ring (bicyclic) bond motifs is 1. The van der Waals surface area contributed by atoms with E-state index in [0.29, 0.717) is 42.0 Å². The lowest BCUT2D eigenvalue weighted by Crippen LogP contribution is -2.30. The van der Waals surface area contributed by atoms with Crippen LogP contribution in [0, 0.1) is 0 Å². The van der Waals surface area contributed by atoms with Crippen LogP contribution in [0.1, 0.15) is 31.1 Å². The van der Waals surface area contributed by atoms with E-state index >= 15 is 0 Å². The largest absolute Gasteiger partial charge is 0.486 e. The maximum absolute atomic E-state index is 12.2. The summed E-state index contributed by atoms with van der Waals surface area (Å²) in [5.41, 5.74) is 2.04. The summed E-state index contributed by atoms with van der Waals surface area (Å²) in [6.07, 6.45) is 0. The summed E-state index contributed by atoms with van der Waals surface area (Å²) in [5, 5.41) is 2.73. The van der Waals surface area contributed by atoms with Crippen molar-refractivity contribution in [1.29, 1.82) is 0 Å². The average Bonchev–Trinajstić information content (AvgIpc) is 2.73. The Morgan fingerprint density at radius 3 is 2.41 bits per heavy atom. The van der Waals surface area contributed by atoms with Gasteiger partial charge in [0.1, 0.15) is 13.2 Å². The molecule has 0 saturated carbocycles. The lowest BCUT2D eigenvalue weighted by atomic mass is 10.2. The summed E-state index contributed by atoms with van der Waals surface area (Å²) in [7, 11) is 0. The topological polar surface area (TPSA) is 77.1 Å². The van der Waals surface area contributed by atoms with Gasteiger partial charge in [-0.25, -0.2) is 4.79 Å². The first kappa shape index (κ1) is 20.5. The Morgan fingerprint density at radius 2 is 1.76 bits per heavy atom. The number of nitrogens with one attached hydrogen (secondary N) is 1. The first-order chi connectivity index (χ1) is 14.0. The number of nitrogens with zero attached hydrogens (tertiary/aromatic N) is 1. The summed E-state index contributed by atoms with van der Waals surface area (Å²) in [6, 6.07) is 12.8. The van der Waals surface area contributed by atoms with Crippen molar-refractivity contribution in [3.05, 3.63) is 48.0 Å². The van der Waals surface area contributed by atoms with Crippen molar-refractivity contribution >= 4 is 23.3 Å². The van der Waals surface area contributed by atoms with Crippen LogP contribution in [0.15, 0.2) is 42.5 Å². The van der Waals surface area contributed by atoms with Crippen LogP contribution in [-0.2, 0) is 9.53 Å². The van der Waals surface area contributed by atoms with Crippen molar-refractivity contribution in [2.45, 2.75) is 26.8 Å². The summed E-state index contributed by atoms with van der Waals surface area (Å²) in [4.78, 5) is 26.6. The molecule has 7 nitrogen and oxygen atoms in total. The van der Waals surface area contributed by atoms with Crippen molar-refractivity contribution < 1.29 is 23.8 Å². The van der Waals surface area contributed by atoms with Crippen molar-refractivity contribution in [2.75, 3.05) is 36.6 Å². The van der Waals surface area contributed by atoms with E-state index in [0.717, 1.165) is 12.2 Å². The van der Waals surface area contributed by atoms with Crippen LogP contribution in [0.2, 0.25) is 0 Å². The highest BCUT2D eigenvalue weighted by Gasteiger charge is 2.17. The van der Waals surface area contributed by atoms with Gasteiger partial charge in [0.25, 0.3) is 5.91 Å². The maximum atomic E-state index is 12.2. The van der Waals surface area contributed by atoms with Crippen molar-refractivity contribution in [3.8, 4) is 11.5 Å². The van der Waals surface area contributed by atoms with Gasteiger partial charge in [0.15, 0.2) is 18.1 Å². The molecule has 3 rings (SSSR count). The third-order valence-electron chi connectivity index (χ3n) is 4.56. The number of hydrogen-bond acceptors (Lipinski definition) is 6. The molecule has 1 aliphatic rings. The van der Waals surface area contributed by atoms with Gasteiger partial charge in [-0.15, -0.1) is 0 Å². The van der Waals surface area contributed by atoms with Gasteiger partial charge in [0, 0.05) is 24.0 Å². The highest BCUT2D eigenvalue weighted by molar-refractivity contribution is 5.95. The van der Waals surface area contributed by atoms with E-state index in [1.54, 1.807) is 18.2 Å². The molecule has 0 aliphatic carbocycles. The Balaban J connectivity index is 1.52. The predicted molar refractivity (Wildman–Crippen MR) is 111 cm³/mol. The summed E-state index contributed by atoms with van der Waals surface area (Å²) >= 11 is 0. The fourth-order valence-electron chi connectivity index (χ4n) is 3.16. The number of rotatable bonds is 7. The lowest BCUT2D eigenvalue weighted by molar-refractivity contribution is -0.119. The average molecular weight is 398 g/mol. The van der Waals surface area contributed by atoms with E-state index in [-0.39, 0.29) is 6.61 Å². The van der Waals surface area contributed by atoms with E-state index < -0.39 is 11.9 Å². The first-order valence-electron chi connectivity index (χ1n) is 9.71. The third-order valence-corrected chi connectivity index (χ3v) is 4.56. The minimum atomic E-state index is -0.594. The molecule has 1 amide bonds. The predicted octanol–water partition coefficient (Wildman–Crippen LogP) is 3.49. The summed E-state index contributed by atoms with van der Waals surface area (Å²) < 4.78 is 16.0. The van der Waals surface area contributed by atoms with E-state index in [2.05, 4.69) is 31.0 Å². The molecule has 0 atom stereocenters. The first-order valence-corrected chi connectivity index (χ1v) is 9.71. The van der Waals surface area contributed by atoms with Gasteiger partial charge in [0.05, 0.1) is 5.56 Å². The van der Waals surface area contributed by atoms with Crippen molar-refractivity contribution in [3.63, 3.8) is 0 Å². The number of anilines is 2. The molecule has 29 heavy (non-hydrogen) atoms. The molecule has 154 valence electrons.